The third kappa shape index (κ3) is 2.08. The summed E-state index contributed by atoms with van der Waals surface area (Å²) in [5.74, 6) is 0.602. The van der Waals surface area contributed by atoms with Gasteiger partial charge in [-0.05, 0) is 22.0 Å². The number of hydrogen-bond acceptors (Lipinski definition) is 4. The summed E-state index contributed by atoms with van der Waals surface area (Å²) in [4.78, 5) is 7.88. The van der Waals surface area contributed by atoms with Crippen molar-refractivity contribution in [3.8, 4) is 11.8 Å². The van der Waals surface area contributed by atoms with Gasteiger partial charge in [0.15, 0.2) is 5.75 Å². The van der Waals surface area contributed by atoms with E-state index in [0.717, 1.165) is 4.47 Å². The molecule has 5 nitrogen and oxygen atoms in total. The maximum absolute atomic E-state index is 5.34. The number of halogens is 1. The van der Waals surface area contributed by atoms with Crippen LogP contribution in [0.4, 0.5) is 0 Å². The van der Waals surface area contributed by atoms with Crippen molar-refractivity contribution in [1.29, 1.82) is 0 Å². The monoisotopic (exact) mass is 254 g/mol. The summed E-state index contributed by atoms with van der Waals surface area (Å²) < 4.78 is 7.77. The summed E-state index contributed by atoms with van der Waals surface area (Å²) in [5.41, 5.74) is 0. The highest BCUT2D eigenvalue weighted by Gasteiger charge is 2.02. The smallest absolute Gasteiger partial charge is 0.341 e. The lowest BCUT2D eigenvalue weighted by Crippen LogP contribution is -1.90. The minimum absolute atomic E-state index is 0.312. The van der Waals surface area contributed by atoms with E-state index in [0.29, 0.717) is 11.8 Å². The van der Waals surface area contributed by atoms with Crippen molar-refractivity contribution < 1.29 is 4.74 Å². The zero-order valence-corrected chi connectivity index (χ0v) is 8.97. The summed E-state index contributed by atoms with van der Waals surface area (Å²) in [7, 11) is 1.78. The van der Waals surface area contributed by atoms with E-state index < -0.39 is 0 Å². The molecule has 0 radical (unpaired) electrons. The number of nitrogens with zero attached hydrogens (tertiary/aromatic N) is 4. The Morgan fingerprint density at radius 1 is 1.43 bits per heavy atom. The van der Waals surface area contributed by atoms with Crippen LogP contribution in [0.3, 0.4) is 0 Å². The fourth-order valence-corrected chi connectivity index (χ4v) is 1.26. The molecule has 2 aromatic heterocycles. The van der Waals surface area contributed by atoms with Gasteiger partial charge < -0.3 is 4.74 Å². The topological polar surface area (TPSA) is 52.8 Å². The van der Waals surface area contributed by atoms with Crippen LogP contribution in [0, 0.1) is 0 Å². The van der Waals surface area contributed by atoms with E-state index in [2.05, 4.69) is 31.0 Å². The molecule has 0 aromatic carbocycles. The van der Waals surface area contributed by atoms with Crippen molar-refractivity contribution in [3.05, 3.63) is 29.3 Å². The Labute approximate surface area is 88.9 Å². The van der Waals surface area contributed by atoms with Gasteiger partial charge in [0.05, 0.1) is 6.20 Å². The van der Waals surface area contributed by atoms with Gasteiger partial charge in [-0.15, -0.1) is 5.10 Å². The van der Waals surface area contributed by atoms with E-state index >= 15 is 0 Å². The SMILES string of the molecule is Cn1cnc(Oc2cncc(Br)c2)n1. The van der Waals surface area contributed by atoms with E-state index in [1.165, 1.54) is 0 Å². The zero-order valence-electron chi connectivity index (χ0n) is 7.38. The second-order valence-corrected chi connectivity index (χ2v) is 3.56. The Kier molecular flexibility index (Phi) is 2.45. The van der Waals surface area contributed by atoms with Gasteiger partial charge in [-0.2, -0.15) is 4.98 Å². The standard InChI is InChI=1S/C8H7BrN4O/c1-13-5-11-8(12-13)14-7-2-6(9)3-10-4-7/h2-5H,1H3. The largest absolute Gasteiger partial charge is 0.422 e. The van der Waals surface area contributed by atoms with E-state index in [9.17, 15) is 0 Å². The van der Waals surface area contributed by atoms with E-state index in [1.54, 1.807) is 36.5 Å². The summed E-state index contributed by atoms with van der Waals surface area (Å²) in [6, 6.07) is 2.11. The van der Waals surface area contributed by atoms with Crippen molar-refractivity contribution in [2.24, 2.45) is 7.05 Å². The molecule has 0 saturated heterocycles. The average Bonchev–Trinajstić information content (AvgIpc) is 2.51. The van der Waals surface area contributed by atoms with Crippen LogP contribution in [0.15, 0.2) is 29.3 Å². The van der Waals surface area contributed by atoms with Gasteiger partial charge in [0.2, 0.25) is 0 Å². The van der Waals surface area contributed by atoms with Crippen LogP contribution >= 0.6 is 15.9 Å². The lowest BCUT2D eigenvalue weighted by Gasteiger charge is -1.99. The third-order valence-corrected chi connectivity index (χ3v) is 1.90. The molecule has 2 rings (SSSR count). The fraction of sp³-hybridized carbons (Fsp3) is 0.125. The van der Waals surface area contributed by atoms with Gasteiger partial charge >= 0.3 is 6.01 Å². The molecule has 2 aromatic rings. The van der Waals surface area contributed by atoms with Crippen LogP contribution < -0.4 is 4.74 Å². The Morgan fingerprint density at radius 3 is 2.93 bits per heavy atom. The van der Waals surface area contributed by atoms with Gasteiger partial charge in [-0.3, -0.25) is 9.67 Å². The van der Waals surface area contributed by atoms with Crippen molar-refractivity contribution in [2.45, 2.75) is 0 Å². The predicted octanol–water partition coefficient (Wildman–Crippen LogP) is 1.76. The Bertz CT molecular complexity index is 442. The lowest BCUT2D eigenvalue weighted by molar-refractivity contribution is 0.437. The molecule has 0 bridgehead atoms. The van der Waals surface area contributed by atoms with E-state index in [4.69, 9.17) is 4.74 Å². The molecule has 0 spiro atoms. The molecular formula is C8H7BrN4O. The van der Waals surface area contributed by atoms with Crippen LogP contribution in [-0.4, -0.2) is 19.7 Å². The fourth-order valence-electron chi connectivity index (χ4n) is 0.920. The normalized spacial score (nSPS) is 10.1. The molecule has 0 aliphatic heterocycles. The molecule has 0 amide bonds. The zero-order chi connectivity index (χ0) is 9.97. The molecule has 14 heavy (non-hydrogen) atoms. The number of pyridine rings is 1. The maximum atomic E-state index is 5.34. The summed E-state index contributed by atoms with van der Waals surface area (Å²) in [6.45, 7) is 0. The third-order valence-electron chi connectivity index (χ3n) is 1.47. The van der Waals surface area contributed by atoms with Gasteiger partial charge in [-0.1, -0.05) is 0 Å². The molecule has 72 valence electrons. The van der Waals surface area contributed by atoms with Crippen molar-refractivity contribution in [2.75, 3.05) is 0 Å². The number of rotatable bonds is 2. The molecule has 0 unspecified atom stereocenters. The number of aryl methyl sites for hydroxylation is 1. The van der Waals surface area contributed by atoms with Gasteiger partial charge in [0.25, 0.3) is 0 Å². The minimum Gasteiger partial charge on any atom is -0.422 e. The highest BCUT2D eigenvalue weighted by Crippen LogP contribution is 2.19. The summed E-state index contributed by atoms with van der Waals surface area (Å²) >= 11 is 3.29. The quantitative estimate of drug-likeness (QED) is 0.820. The van der Waals surface area contributed by atoms with Crippen LogP contribution in [0.2, 0.25) is 0 Å². The van der Waals surface area contributed by atoms with Crippen LogP contribution in [0.25, 0.3) is 0 Å². The van der Waals surface area contributed by atoms with Gasteiger partial charge in [0.1, 0.15) is 6.33 Å². The second-order valence-electron chi connectivity index (χ2n) is 2.64. The maximum Gasteiger partial charge on any atom is 0.341 e. The van der Waals surface area contributed by atoms with Crippen molar-refractivity contribution in [1.82, 2.24) is 19.7 Å². The molecule has 2 heterocycles. The first-order valence-corrected chi connectivity index (χ1v) is 4.67. The molecule has 6 heteroatoms. The Balaban J connectivity index is 2.18. The molecule has 0 atom stereocenters. The van der Waals surface area contributed by atoms with Crippen molar-refractivity contribution in [3.63, 3.8) is 0 Å². The van der Waals surface area contributed by atoms with Crippen LogP contribution in [0.1, 0.15) is 0 Å². The summed E-state index contributed by atoms with van der Waals surface area (Å²) in [6.07, 6.45) is 4.85. The molecule has 0 fully saturated rings. The molecule has 0 saturated carbocycles. The molecule has 0 N–H and O–H groups in total. The van der Waals surface area contributed by atoms with Crippen LogP contribution in [0.5, 0.6) is 11.8 Å². The van der Waals surface area contributed by atoms with Crippen LogP contribution in [-0.2, 0) is 7.05 Å². The Morgan fingerprint density at radius 2 is 2.29 bits per heavy atom. The van der Waals surface area contributed by atoms with Gasteiger partial charge in [0, 0.05) is 17.7 Å². The highest BCUT2D eigenvalue weighted by atomic mass is 79.9. The lowest BCUT2D eigenvalue weighted by atomic mass is 10.5. The van der Waals surface area contributed by atoms with E-state index in [1.807, 2.05) is 0 Å². The van der Waals surface area contributed by atoms with Gasteiger partial charge in [-0.25, -0.2) is 0 Å². The predicted molar refractivity (Wildman–Crippen MR) is 53.0 cm³/mol. The average molecular weight is 255 g/mol. The first-order valence-electron chi connectivity index (χ1n) is 3.88. The molecule has 0 aliphatic rings. The minimum atomic E-state index is 0.312. The second kappa shape index (κ2) is 3.75. The van der Waals surface area contributed by atoms with Crippen molar-refractivity contribution >= 4 is 15.9 Å². The summed E-state index contributed by atoms with van der Waals surface area (Å²) in [5, 5.41) is 3.98. The first-order chi connectivity index (χ1) is 6.74. The first kappa shape index (κ1) is 9.14. The van der Waals surface area contributed by atoms with E-state index in [-0.39, 0.29) is 0 Å². The number of ether oxygens (including phenoxy) is 1. The highest BCUT2D eigenvalue weighted by molar-refractivity contribution is 9.10. The molecule has 0 aliphatic carbocycles. The Hall–Kier alpha value is -1.43. The molecular weight excluding hydrogens is 248 g/mol. The number of hydrogen-bond donors (Lipinski definition) is 0. The number of aromatic nitrogens is 4.